The Kier molecular flexibility index (Phi) is 5.87. The number of Topliss-reactive ketones (excluding diaryl/α,β-unsaturated/α-hetero) is 1. The van der Waals surface area contributed by atoms with Crippen LogP contribution >= 0.6 is 0 Å². The zero-order valence-electron chi connectivity index (χ0n) is 16.7. The van der Waals surface area contributed by atoms with Gasteiger partial charge in [-0.2, -0.15) is 0 Å². The summed E-state index contributed by atoms with van der Waals surface area (Å²) in [5.41, 5.74) is 1.80. The molecule has 152 valence electrons. The third-order valence-corrected chi connectivity index (χ3v) is 5.35. The van der Waals surface area contributed by atoms with Crippen LogP contribution in [-0.2, 0) is 22.5 Å². The van der Waals surface area contributed by atoms with Crippen LogP contribution in [0, 0.1) is 17.0 Å². The van der Waals surface area contributed by atoms with Gasteiger partial charge in [0.05, 0.1) is 12.1 Å². The number of rotatable bonds is 7. The fraction of sp³-hybridized carbons (Fsp3) is 0.545. The number of aromatic nitrogens is 1. The lowest BCUT2D eigenvalue weighted by molar-refractivity contribution is -0.143. The van der Waals surface area contributed by atoms with Crippen LogP contribution < -0.4 is 0 Å². The number of ketones is 1. The number of ether oxygens (including phenoxy) is 1. The molecule has 1 aliphatic carbocycles. The number of benzene rings is 1. The lowest BCUT2D eigenvalue weighted by Gasteiger charge is -2.29. The molecule has 1 aliphatic rings. The zero-order valence-corrected chi connectivity index (χ0v) is 16.7. The highest BCUT2D eigenvalue weighted by molar-refractivity contribution is 6.10. The number of unbranched alkanes of at least 4 members (excludes halogenated alkanes) is 2. The van der Waals surface area contributed by atoms with Crippen molar-refractivity contribution in [2.75, 3.05) is 6.61 Å². The highest BCUT2D eigenvalue weighted by Crippen LogP contribution is 2.40. The number of carbonyl (C=O) groups is 2. The molecular weight excluding hydrogens is 364 g/mol. The molecule has 0 N–H and O–H groups in total. The summed E-state index contributed by atoms with van der Waals surface area (Å²) in [6, 6.07) is 2.35. The number of fused-ring (bicyclic) bond motifs is 3. The van der Waals surface area contributed by atoms with Crippen LogP contribution in [0.4, 0.5) is 8.78 Å². The average molecular weight is 391 g/mol. The second kappa shape index (κ2) is 8.02. The van der Waals surface area contributed by atoms with Crippen LogP contribution in [0.15, 0.2) is 12.1 Å². The van der Waals surface area contributed by atoms with E-state index in [0.29, 0.717) is 55.3 Å². The van der Waals surface area contributed by atoms with E-state index in [9.17, 15) is 18.4 Å². The Morgan fingerprint density at radius 3 is 2.57 bits per heavy atom. The monoisotopic (exact) mass is 391 g/mol. The van der Waals surface area contributed by atoms with Gasteiger partial charge in [0.15, 0.2) is 17.4 Å². The van der Waals surface area contributed by atoms with Crippen molar-refractivity contribution in [3.63, 3.8) is 0 Å². The summed E-state index contributed by atoms with van der Waals surface area (Å²) < 4.78 is 34.7. The second-order valence-corrected chi connectivity index (χ2v) is 8.31. The van der Waals surface area contributed by atoms with E-state index in [2.05, 4.69) is 0 Å². The van der Waals surface area contributed by atoms with Gasteiger partial charge in [0.1, 0.15) is 0 Å². The third kappa shape index (κ3) is 4.10. The molecule has 0 saturated heterocycles. The van der Waals surface area contributed by atoms with E-state index in [1.54, 1.807) is 6.92 Å². The minimum atomic E-state index is -0.931. The Morgan fingerprint density at radius 1 is 1.14 bits per heavy atom. The maximum absolute atomic E-state index is 13.9. The molecule has 4 nitrogen and oxygen atoms in total. The van der Waals surface area contributed by atoms with Crippen LogP contribution in [0.1, 0.15) is 68.9 Å². The molecule has 0 atom stereocenters. The number of hydrogen-bond acceptors (Lipinski definition) is 3. The fourth-order valence-corrected chi connectivity index (χ4v) is 4.13. The molecule has 1 aromatic heterocycles. The van der Waals surface area contributed by atoms with E-state index in [-0.39, 0.29) is 17.2 Å². The van der Waals surface area contributed by atoms with Gasteiger partial charge >= 0.3 is 5.97 Å². The summed E-state index contributed by atoms with van der Waals surface area (Å²) in [4.78, 5) is 24.2. The first-order chi connectivity index (χ1) is 13.2. The first-order valence-corrected chi connectivity index (χ1v) is 9.92. The van der Waals surface area contributed by atoms with Gasteiger partial charge in [-0.3, -0.25) is 9.59 Å². The number of hydrogen-bond donors (Lipinski definition) is 0. The predicted octanol–water partition coefficient (Wildman–Crippen LogP) is 5.20. The van der Waals surface area contributed by atoms with Crippen LogP contribution in [0.3, 0.4) is 0 Å². The molecule has 0 aliphatic heterocycles. The summed E-state index contributed by atoms with van der Waals surface area (Å²) >= 11 is 0. The Labute approximate surface area is 163 Å². The Balaban J connectivity index is 1.86. The first-order valence-electron chi connectivity index (χ1n) is 9.92. The molecule has 1 aromatic carbocycles. The Hall–Kier alpha value is -2.24. The Bertz CT molecular complexity index is 914. The molecule has 0 radical (unpaired) electrons. The van der Waals surface area contributed by atoms with Gasteiger partial charge in [-0.25, -0.2) is 8.78 Å². The summed E-state index contributed by atoms with van der Waals surface area (Å²) in [6.07, 6.45) is 3.78. The third-order valence-electron chi connectivity index (χ3n) is 5.35. The number of carbonyl (C=O) groups excluding carboxylic acids is 2. The van der Waals surface area contributed by atoms with Gasteiger partial charge < -0.3 is 9.30 Å². The van der Waals surface area contributed by atoms with E-state index < -0.39 is 11.6 Å². The number of nitrogens with zero attached hydrogens (tertiary/aromatic N) is 1. The van der Waals surface area contributed by atoms with E-state index >= 15 is 0 Å². The maximum Gasteiger partial charge on any atom is 0.305 e. The predicted molar refractivity (Wildman–Crippen MR) is 103 cm³/mol. The highest BCUT2D eigenvalue weighted by Gasteiger charge is 2.35. The minimum absolute atomic E-state index is 0.0108. The van der Waals surface area contributed by atoms with Gasteiger partial charge in [0.2, 0.25) is 0 Å². The van der Waals surface area contributed by atoms with Crippen LogP contribution in [-0.4, -0.2) is 22.9 Å². The largest absolute Gasteiger partial charge is 0.466 e. The van der Waals surface area contributed by atoms with Gasteiger partial charge in [0, 0.05) is 42.1 Å². The molecule has 0 saturated carbocycles. The number of esters is 1. The number of aryl methyl sites for hydroxylation is 1. The van der Waals surface area contributed by atoms with Crippen molar-refractivity contribution in [2.24, 2.45) is 5.41 Å². The van der Waals surface area contributed by atoms with Crippen molar-refractivity contribution >= 4 is 22.7 Å². The summed E-state index contributed by atoms with van der Waals surface area (Å²) in [5, 5.41) is 0.501. The van der Waals surface area contributed by atoms with Crippen molar-refractivity contribution in [3.05, 3.63) is 35.0 Å². The minimum Gasteiger partial charge on any atom is -0.466 e. The first kappa shape index (κ1) is 20.5. The molecule has 0 unspecified atom stereocenters. The van der Waals surface area contributed by atoms with E-state index in [1.165, 1.54) is 6.07 Å². The summed E-state index contributed by atoms with van der Waals surface area (Å²) in [5.74, 6) is -2.04. The standard InChI is InChI=1S/C22H27F2NO3/c1-4-28-20(27)8-6-5-7-9-25-17-11-16(24)15(23)10-14(17)21-18(25)12-22(2,3)13-19(21)26/h10-11H,4-9,12-13H2,1-3H3. The van der Waals surface area contributed by atoms with Crippen molar-refractivity contribution in [2.45, 2.75) is 65.8 Å². The SMILES string of the molecule is CCOC(=O)CCCCCn1c2c(c3cc(F)c(F)cc31)C(=O)CC(C)(C)C2. The van der Waals surface area contributed by atoms with Crippen molar-refractivity contribution in [1.29, 1.82) is 0 Å². The van der Waals surface area contributed by atoms with E-state index in [0.717, 1.165) is 24.6 Å². The van der Waals surface area contributed by atoms with Crippen molar-refractivity contribution < 1.29 is 23.1 Å². The average Bonchev–Trinajstić information content (AvgIpc) is 2.87. The Morgan fingerprint density at radius 2 is 1.86 bits per heavy atom. The molecule has 6 heteroatoms. The fourth-order valence-electron chi connectivity index (χ4n) is 4.13. The van der Waals surface area contributed by atoms with E-state index in [1.807, 2.05) is 18.4 Å². The van der Waals surface area contributed by atoms with Gasteiger partial charge in [-0.15, -0.1) is 0 Å². The normalized spacial score (nSPS) is 15.7. The summed E-state index contributed by atoms with van der Waals surface area (Å²) in [7, 11) is 0. The molecule has 28 heavy (non-hydrogen) atoms. The quantitative estimate of drug-likeness (QED) is 0.482. The van der Waals surface area contributed by atoms with Gasteiger partial charge in [0.25, 0.3) is 0 Å². The second-order valence-electron chi connectivity index (χ2n) is 8.31. The smallest absolute Gasteiger partial charge is 0.305 e. The van der Waals surface area contributed by atoms with Gasteiger partial charge in [-0.1, -0.05) is 20.3 Å². The van der Waals surface area contributed by atoms with Gasteiger partial charge in [-0.05, 0) is 37.7 Å². The highest BCUT2D eigenvalue weighted by atomic mass is 19.2. The van der Waals surface area contributed by atoms with Crippen molar-refractivity contribution in [1.82, 2.24) is 4.57 Å². The lowest BCUT2D eigenvalue weighted by Crippen LogP contribution is -2.28. The molecule has 0 amide bonds. The summed E-state index contributed by atoms with van der Waals surface area (Å²) in [6.45, 7) is 6.84. The van der Waals surface area contributed by atoms with Crippen molar-refractivity contribution in [3.8, 4) is 0 Å². The molecule has 3 rings (SSSR count). The van der Waals surface area contributed by atoms with E-state index in [4.69, 9.17) is 4.74 Å². The topological polar surface area (TPSA) is 48.3 Å². The maximum atomic E-state index is 13.9. The van der Waals surface area contributed by atoms with Crippen LogP contribution in [0.25, 0.3) is 10.9 Å². The molecule has 0 bridgehead atoms. The lowest BCUT2D eigenvalue weighted by atomic mass is 9.75. The van der Waals surface area contributed by atoms with Crippen LogP contribution in [0.5, 0.6) is 0 Å². The number of halogens is 2. The molecule has 0 fully saturated rings. The molecule has 1 heterocycles. The molecule has 0 spiro atoms. The van der Waals surface area contributed by atoms with Crippen LogP contribution in [0.2, 0.25) is 0 Å². The molecule has 2 aromatic rings. The molecular formula is C22H27F2NO3. The zero-order chi connectivity index (χ0) is 20.5.